The summed E-state index contributed by atoms with van der Waals surface area (Å²) >= 11 is 0. The van der Waals surface area contributed by atoms with Crippen LogP contribution in [0, 0.1) is 0 Å². The Kier molecular flexibility index (Phi) is 3.88. The Morgan fingerprint density at radius 2 is 1.91 bits per heavy atom. The number of carboxylic acid groups (broad SMARTS) is 1. The first-order valence-electron chi connectivity index (χ1n) is 7.99. The Morgan fingerprint density at radius 1 is 1.22 bits per heavy atom. The lowest BCUT2D eigenvalue weighted by molar-refractivity contribution is -0.184. The zero-order chi connectivity index (χ0) is 16.7. The minimum Gasteiger partial charge on any atom is -0.477 e. The summed E-state index contributed by atoms with van der Waals surface area (Å²) < 4.78 is 6.30. The average molecular weight is 318 g/mol. The van der Waals surface area contributed by atoms with Crippen LogP contribution < -0.4 is 0 Å². The van der Waals surface area contributed by atoms with E-state index in [1.807, 2.05) is 18.7 Å². The minimum absolute atomic E-state index is 0.0591. The van der Waals surface area contributed by atoms with Crippen molar-refractivity contribution in [2.24, 2.45) is 0 Å². The maximum atomic E-state index is 12.8. The third kappa shape index (κ3) is 3.22. The summed E-state index contributed by atoms with van der Waals surface area (Å²) in [5.74, 6) is -1.21. The van der Waals surface area contributed by atoms with Crippen LogP contribution in [-0.2, 0) is 4.74 Å². The number of amides is 1. The van der Waals surface area contributed by atoms with Gasteiger partial charge in [0.2, 0.25) is 0 Å². The molecule has 124 valence electrons. The molecule has 1 spiro atoms. The van der Waals surface area contributed by atoms with Crippen molar-refractivity contribution in [3.63, 3.8) is 0 Å². The first-order valence-corrected chi connectivity index (χ1v) is 7.99. The van der Waals surface area contributed by atoms with Gasteiger partial charge in [0, 0.05) is 12.7 Å². The zero-order valence-corrected chi connectivity index (χ0v) is 13.5. The van der Waals surface area contributed by atoms with Gasteiger partial charge in [0.15, 0.2) is 0 Å². The topological polar surface area (TPSA) is 79.7 Å². The van der Waals surface area contributed by atoms with Gasteiger partial charge in [-0.3, -0.25) is 4.79 Å². The van der Waals surface area contributed by atoms with E-state index in [1.165, 1.54) is 18.3 Å². The van der Waals surface area contributed by atoms with Crippen LogP contribution in [0.1, 0.15) is 60.4 Å². The smallest absolute Gasteiger partial charge is 0.354 e. The van der Waals surface area contributed by atoms with E-state index < -0.39 is 5.97 Å². The van der Waals surface area contributed by atoms with Gasteiger partial charge in [-0.15, -0.1) is 0 Å². The summed E-state index contributed by atoms with van der Waals surface area (Å²) in [4.78, 5) is 29.3. The lowest BCUT2D eigenvalue weighted by atomic mass is 9.93. The Morgan fingerprint density at radius 3 is 2.48 bits per heavy atom. The molecule has 0 atom stereocenters. The molecule has 2 heterocycles. The van der Waals surface area contributed by atoms with Crippen molar-refractivity contribution >= 4 is 11.9 Å². The lowest BCUT2D eigenvalue weighted by Gasteiger charge is -2.48. The molecule has 3 rings (SSSR count). The molecule has 1 saturated carbocycles. The van der Waals surface area contributed by atoms with Crippen molar-refractivity contribution in [3.05, 3.63) is 29.6 Å². The summed E-state index contributed by atoms with van der Waals surface area (Å²) in [5, 5.41) is 8.90. The number of rotatable bonds is 2. The molecule has 0 aromatic carbocycles. The second-order valence-corrected chi connectivity index (χ2v) is 7.15. The molecule has 0 bridgehead atoms. The lowest BCUT2D eigenvalue weighted by Crippen LogP contribution is -2.60. The molecule has 1 aliphatic heterocycles. The van der Waals surface area contributed by atoms with Gasteiger partial charge in [-0.05, 0) is 38.8 Å². The Balaban J connectivity index is 1.81. The van der Waals surface area contributed by atoms with Gasteiger partial charge in [-0.2, -0.15) is 0 Å². The minimum atomic E-state index is -1.10. The molecule has 0 unspecified atom stereocenters. The SMILES string of the molecule is CC1(C)CN(C(=O)c2ccc(C(=O)O)nc2)CC2(CCCC2)O1. The number of nitrogens with zero attached hydrogens (tertiary/aromatic N) is 2. The molecule has 0 radical (unpaired) electrons. The van der Waals surface area contributed by atoms with Crippen molar-refractivity contribution in [1.29, 1.82) is 0 Å². The number of carbonyl (C=O) groups is 2. The normalized spacial score (nSPS) is 22.3. The highest BCUT2D eigenvalue weighted by molar-refractivity contribution is 5.95. The van der Waals surface area contributed by atoms with E-state index in [9.17, 15) is 9.59 Å². The third-order valence-electron chi connectivity index (χ3n) is 4.58. The molecule has 2 fully saturated rings. The van der Waals surface area contributed by atoms with Crippen LogP contribution >= 0.6 is 0 Å². The summed E-state index contributed by atoms with van der Waals surface area (Å²) in [6.45, 7) is 5.14. The first-order chi connectivity index (χ1) is 10.8. The van der Waals surface area contributed by atoms with Crippen LogP contribution in [0.2, 0.25) is 0 Å². The molecular weight excluding hydrogens is 296 g/mol. The fourth-order valence-electron chi connectivity index (χ4n) is 3.77. The highest BCUT2D eigenvalue weighted by Gasteiger charge is 2.47. The second-order valence-electron chi connectivity index (χ2n) is 7.15. The quantitative estimate of drug-likeness (QED) is 0.905. The number of morpholine rings is 1. The third-order valence-corrected chi connectivity index (χ3v) is 4.58. The molecule has 1 saturated heterocycles. The van der Waals surface area contributed by atoms with Crippen molar-refractivity contribution in [2.45, 2.75) is 50.7 Å². The van der Waals surface area contributed by atoms with Gasteiger partial charge in [-0.1, -0.05) is 12.8 Å². The number of hydrogen-bond acceptors (Lipinski definition) is 4. The van der Waals surface area contributed by atoms with Gasteiger partial charge in [0.25, 0.3) is 5.91 Å². The van der Waals surface area contributed by atoms with Gasteiger partial charge in [0.1, 0.15) is 5.69 Å². The molecule has 23 heavy (non-hydrogen) atoms. The van der Waals surface area contributed by atoms with Crippen LogP contribution in [0.3, 0.4) is 0 Å². The number of pyridine rings is 1. The Hall–Kier alpha value is -1.95. The van der Waals surface area contributed by atoms with Gasteiger partial charge >= 0.3 is 5.97 Å². The van der Waals surface area contributed by atoms with Crippen LogP contribution in [0.15, 0.2) is 18.3 Å². The predicted octanol–water partition coefficient (Wildman–Crippen LogP) is 2.34. The molecule has 6 heteroatoms. The number of carbonyl (C=O) groups excluding carboxylic acids is 1. The van der Waals surface area contributed by atoms with Crippen molar-refractivity contribution < 1.29 is 19.4 Å². The van der Waals surface area contributed by atoms with Crippen molar-refractivity contribution in [1.82, 2.24) is 9.88 Å². The summed E-state index contributed by atoms with van der Waals surface area (Å²) in [6, 6.07) is 2.90. The Bertz CT molecular complexity index is 618. The summed E-state index contributed by atoms with van der Waals surface area (Å²) in [6.07, 6.45) is 5.57. The van der Waals surface area contributed by atoms with E-state index in [2.05, 4.69) is 4.98 Å². The van der Waals surface area contributed by atoms with Crippen LogP contribution in [0.5, 0.6) is 0 Å². The largest absolute Gasteiger partial charge is 0.477 e. The zero-order valence-electron chi connectivity index (χ0n) is 13.5. The van der Waals surface area contributed by atoms with Crippen LogP contribution in [-0.4, -0.2) is 51.2 Å². The Labute approximate surface area is 135 Å². The van der Waals surface area contributed by atoms with E-state index in [0.29, 0.717) is 18.7 Å². The second kappa shape index (κ2) is 5.60. The summed E-state index contributed by atoms with van der Waals surface area (Å²) in [7, 11) is 0. The van der Waals surface area contributed by atoms with E-state index in [-0.39, 0.29) is 22.8 Å². The monoisotopic (exact) mass is 318 g/mol. The van der Waals surface area contributed by atoms with Gasteiger partial charge in [-0.25, -0.2) is 9.78 Å². The first kappa shape index (κ1) is 15.9. The standard InChI is InChI=1S/C17H22N2O4/c1-16(2)10-19(11-17(23-16)7-3-4-8-17)14(20)12-5-6-13(15(21)22)18-9-12/h5-6,9H,3-4,7-8,10-11H2,1-2H3,(H,21,22). The number of aromatic nitrogens is 1. The van der Waals surface area contributed by atoms with E-state index in [4.69, 9.17) is 9.84 Å². The fraction of sp³-hybridized carbons (Fsp3) is 0.588. The number of carboxylic acids is 1. The maximum absolute atomic E-state index is 12.8. The molecule has 2 aliphatic rings. The van der Waals surface area contributed by atoms with Crippen LogP contribution in [0.4, 0.5) is 0 Å². The van der Waals surface area contributed by atoms with E-state index >= 15 is 0 Å². The summed E-state index contributed by atoms with van der Waals surface area (Å²) in [5.41, 5.74) is -0.254. The predicted molar refractivity (Wildman–Crippen MR) is 83.5 cm³/mol. The molecular formula is C17H22N2O4. The van der Waals surface area contributed by atoms with E-state index in [0.717, 1.165) is 25.7 Å². The van der Waals surface area contributed by atoms with Crippen LogP contribution in [0.25, 0.3) is 0 Å². The molecule has 1 N–H and O–H groups in total. The number of hydrogen-bond donors (Lipinski definition) is 1. The molecule has 1 aromatic heterocycles. The highest BCUT2D eigenvalue weighted by atomic mass is 16.5. The van der Waals surface area contributed by atoms with E-state index in [1.54, 1.807) is 0 Å². The van der Waals surface area contributed by atoms with Crippen molar-refractivity contribution in [3.8, 4) is 0 Å². The number of ether oxygens (including phenoxy) is 1. The molecule has 6 nitrogen and oxygen atoms in total. The van der Waals surface area contributed by atoms with Gasteiger partial charge in [0.05, 0.1) is 23.3 Å². The molecule has 1 aromatic rings. The number of aromatic carboxylic acids is 1. The molecule has 1 aliphatic carbocycles. The fourth-order valence-corrected chi connectivity index (χ4v) is 3.77. The highest BCUT2D eigenvalue weighted by Crippen LogP contribution is 2.40. The average Bonchev–Trinajstić information content (AvgIpc) is 2.92. The van der Waals surface area contributed by atoms with Gasteiger partial charge < -0.3 is 14.7 Å². The molecule has 1 amide bonds. The maximum Gasteiger partial charge on any atom is 0.354 e. The van der Waals surface area contributed by atoms with Crippen molar-refractivity contribution in [2.75, 3.05) is 13.1 Å².